The first-order chi connectivity index (χ1) is 5.54. The molecule has 12 heavy (non-hydrogen) atoms. The molecule has 1 atom stereocenters. The van der Waals surface area contributed by atoms with Crippen molar-refractivity contribution in [3.63, 3.8) is 0 Å². The highest BCUT2D eigenvalue weighted by molar-refractivity contribution is 5.34. The van der Waals surface area contributed by atoms with Crippen molar-refractivity contribution in [1.29, 1.82) is 0 Å². The van der Waals surface area contributed by atoms with Crippen LogP contribution in [0.25, 0.3) is 0 Å². The van der Waals surface area contributed by atoms with Crippen molar-refractivity contribution in [1.82, 2.24) is 0 Å². The molecule has 0 nitrogen and oxygen atoms in total. The van der Waals surface area contributed by atoms with Crippen LogP contribution < -0.4 is 0 Å². The summed E-state index contributed by atoms with van der Waals surface area (Å²) in [5.41, 5.74) is 3.15. The van der Waals surface area contributed by atoms with E-state index in [0.29, 0.717) is 11.8 Å². The van der Waals surface area contributed by atoms with Crippen molar-refractivity contribution in [2.75, 3.05) is 0 Å². The van der Waals surface area contributed by atoms with E-state index in [-0.39, 0.29) is 0 Å². The predicted molar refractivity (Wildman–Crippen MR) is 55.0 cm³/mol. The van der Waals surface area contributed by atoms with Crippen LogP contribution in [0.3, 0.4) is 0 Å². The predicted octanol–water partition coefficient (Wildman–Crippen LogP) is 3.80. The lowest BCUT2D eigenvalue weighted by Gasteiger charge is -2.23. The fourth-order valence-corrected chi connectivity index (χ4v) is 2.16. The summed E-state index contributed by atoms with van der Waals surface area (Å²) in [5.74, 6) is 2.16. The van der Waals surface area contributed by atoms with E-state index in [0.717, 1.165) is 5.92 Å². The number of allylic oxidation sites excluding steroid dienone is 4. The zero-order valence-electron chi connectivity index (χ0n) is 8.89. The van der Waals surface area contributed by atoms with Crippen molar-refractivity contribution in [3.8, 4) is 0 Å². The number of hydrogen-bond acceptors (Lipinski definition) is 0. The lowest BCUT2D eigenvalue weighted by Crippen LogP contribution is -2.13. The SMILES string of the molecule is CC1=CC=C(C(C)C)C1C(C)C. The zero-order valence-corrected chi connectivity index (χ0v) is 8.89. The van der Waals surface area contributed by atoms with Gasteiger partial charge in [-0.1, -0.05) is 51.0 Å². The Morgan fingerprint density at radius 3 is 2.00 bits per heavy atom. The van der Waals surface area contributed by atoms with Gasteiger partial charge in [0.15, 0.2) is 0 Å². The molecule has 1 aliphatic carbocycles. The highest BCUT2D eigenvalue weighted by Crippen LogP contribution is 2.36. The molecule has 0 saturated heterocycles. The Morgan fingerprint density at radius 1 is 1.08 bits per heavy atom. The molecule has 0 saturated carbocycles. The first-order valence-electron chi connectivity index (χ1n) is 4.92. The van der Waals surface area contributed by atoms with Crippen LogP contribution in [0, 0.1) is 17.8 Å². The van der Waals surface area contributed by atoms with E-state index in [1.54, 1.807) is 5.57 Å². The van der Waals surface area contributed by atoms with Gasteiger partial charge in [0.05, 0.1) is 0 Å². The Bertz CT molecular complexity index is 216. The van der Waals surface area contributed by atoms with Crippen LogP contribution in [0.5, 0.6) is 0 Å². The molecule has 0 fully saturated rings. The normalized spacial score (nSPS) is 23.4. The zero-order chi connectivity index (χ0) is 9.30. The second-order valence-electron chi connectivity index (χ2n) is 4.45. The van der Waals surface area contributed by atoms with Crippen molar-refractivity contribution in [3.05, 3.63) is 23.3 Å². The maximum atomic E-state index is 2.31. The van der Waals surface area contributed by atoms with Crippen LogP contribution in [0.15, 0.2) is 23.3 Å². The second-order valence-corrected chi connectivity index (χ2v) is 4.45. The molecule has 68 valence electrons. The van der Waals surface area contributed by atoms with Crippen LogP contribution in [0.4, 0.5) is 0 Å². The molecule has 0 aliphatic heterocycles. The van der Waals surface area contributed by atoms with Crippen LogP contribution in [-0.2, 0) is 0 Å². The fourth-order valence-electron chi connectivity index (χ4n) is 2.16. The summed E-state index contributed by atoms with van der Waals surface area (Å²) in [6.07, 6.45) is 4.59. The van der Waals surface area contributed by atoms with Crippen molar-refractivity contribution in [2.24, 2.45) is 17.8 Å². The van der Waals surface area contributed by atoms with Gasteiger partial charge >= 0.3 is 0 Å². The van der Waals surface area contributed by atoms with Crippen molar-refractivity contribution >= 4 is 0 Å². The highest BCUT2D eigenvalue weighted by atomic mass is 14.3. The highest BCUT2D eigenvalue weighted by Gasteiger charge is 2.24. The number of rotatable bonds is 2. The summed E-state index contributed by atoms with van der Waals surface area (Å²) in [6, 6.07) is 0. The lowest BCUT2D eigenvalue weighted by molar-refractivity contribution is 0.472. The molecule has 0 amide bonds. The topological polar surface area (TPSA) is 0 Å². The van der Waals surface area contributed by atoms with E-state index in [9.17, 15) is 0 Å². The smallest absolute Gasteiger partial charge is 0.00360 e. The van der Waals surface area contributed by atoms with Gasteiger partial charge in [0.1, 0.15) is 0 Å². The molecule has 1 unspecified atom stereocenters. The summed E-state index contributed by atoms with van der Waals surface area (Å²) in [6.45, 7) is 11.4. The molecule has 0 radical (unpaired) electrons. The summed E-state index contributed by atoms with van der Waals surface area (Å²) < 4.78 is 0. The van der Waals surface area contributed by atoms with E-state index in [4.69, 9.17) is 0 Å². The first-order valence-corrected chi connectivity index (χ1v) is 4.92. The fraction of sp³-hybridized carbons (Fsp3) is 0.667. The Morgan fingerprint density at radius 2 is 1.67 bits per heavy atom. The maximum absolute atomic E-state index is 2.31. The maximum Gasteiger partial charge on any atom is 0.00360 e. The molecule has 1 rings (SSSR count). The van der Waals surface area contributed by atoms with Gasteiger partial charge < -0.3 is 0 Å². The Kier molecular flexibility index (Phi) is 2.76. The third-order valence-electron chi connectivity index (χ3n) is 2.72. The quantitative estimate of drug-likeness (QED) is 0.582. The molecule has 0 aromatic carbocycles. The molecule has 0 bridgehead atoms. The molecule has 0 aromatic heterocycles. The Balaban J connectivity index is 2.81. The lowest BCUT2D eigenvalue weighted by atomic mass is 9.81. The van der Waals surface area contributed by atoms with Crippen molar-refractivity contribution < 1.29 is 0 Å². The summed E-state index contributed by atoms with van der Waals surface area (Å²) in [5, 5.41) is 0. The van der Waals surface area contributed by atoms with Crippen LogP contribution >= 0.6 is 0 Å². The van der Waals surface area contributed by atoms with Gasteiger partial charge in [0.2, 0.25) is 0 Å². The molecule has 0 heteroatoms. The largest absolute Gasteiger partial charge is 0.0659 e. The Hall–Kier alpha value is -0.520. The molecular formula is C12H20. The average molecular weight is 164 g/mol. The minimum atomic E-state index is 0.700. The van der Waals surface area contributed by atoms with Gasteiger partial charge in [-0.2, -0.15) is 0 Å². The monoisotopic (exact) mass is 164 g/mol. The summed E-state index contributed by atoms with van der Waals surface area (Å²) in [7, 11) is 0. The molecule has 0 spiro atoms. The molecule has 0 heterocycles. The van der Waals surface area contributed by atoms with Gasteiger partial charge in [-0.05, 0) is 18.8 Å². The van der Waals surface area contributed by atoms with Gasteiger partial charge in [-0.15, -0.1) is 0 Å². The van der Waals surface area contributed by atoms with Gasteiger partial charge in [-0.25, -0.2) is 0 Å². The minimum absolute atomic E-state index is 0.700. The van der Waals surface area contributed by atoms with Crippen LogP contribution in [0.2, 0.25) is 0 Å². The van der Waals surface area contributed by atoms with Crippen LogP contribution in [-0.4, -0.2) is 0 Å². The second kappa shape index (κ2) is 3.47. The van der Waals surface area contributed by atoms with E-state index in [1.807, 2.05) is 0 Å². The molecule has 0 N–H and O–H groups in total. The van der Waals surface area contributed by atoms with E-state index < -0.39 is 0 Å². The summed E-state index contributed by atoms with van der Waals surface area (Å²) >= 11 is 0. The third kappa shape index (κ3) is 1.63. The van der Waals surface area contributed by atoms with E-state index >= 15 is 0 Å². The van der Waals surface area contributed by atoms with Gasteiger partial charge in [-0.3, -0.25) is 0 Å². The molecule has 0 aromatic rings. The van der Waals surface area contributed by atoms with Crippen LogP contribution in [0.1, 0.15) is 34.6 Å². The minimum Gasteiger partial charge on any atom is -0.0659 e. The number of hydrogen-bond donors (Lipinski definition) is 0. The van der Waals surface area contributed by atoms with Gasteiger partial charge in [0, 0.05) is 5.92 Å². The van der Waals surface area contributed by atoms with E-state index in [1.165, 1.54) is 5.57 Å². The van der Waals surface area contributed by atoms with Crippen molar-refractivity contribution in [2.45, 2.75) is 34.6 Å². The van der Waals surface area contributed by atoms with E-state index in [2.05, 4.69) is 46.8 Å². The first kappa shape index (κ1) is 9.57. The standard InChI is InChI=1S/C12H20/c1-8(2)11-7-6-10(5)12(11)9(3)4/h6-9,12H,1-5H3. The third-order valence-corrected chi connectivity index (χ3v) is 2.72. The average Bonchev–Trinajstić information content (AvgIpc) is 2.30. The Labute approximate surface area is 76.4 Å². The molecule has 1 aliphatic rings. The summed E-state index contributed by atoms with van der Waals surface area (Å²) in [4.78, 5) is 0. The van der Waals surface area contributed by atoms with Gasteiger partial charge in [0.25, 0.3) is 0 Å². The molecular weight excluding hydrogens is 144 g/mol.